The molecule has 0 radical (unpaired) electrons. The van der Waals surface area contributed by atoms with E-state index in [2.05, 4.69) is 15.3 Å². The van der Waals surface area contributed by atoms with Crippen LogP contribution in [0.5, 0.6) is 11.6 Å². The first-order valence-electron chi connectivity index (χ1n) is 8.00. The molecule has 0 saturated heterocycles. The minimum absolute atomic E-state index is 0.0257. The van der Waals surface area contributed by atoms with E-state index >= 15 is 0 Å². The molecule has 0 bridgehead atoms. The Kier molecular flexibility index (Phi) is 7.49. The lowest BCUT2D eigenvalue weighted by atomic mass is 10.2. The summed E-state index contributed by atoms with van der Waals surface area (Å²) in [5.74, 6) is 0.0433. The summed E-state index contributed by atoms with van der Waals surface area (Å²) in [7, 11) is 1.54. The standard InChI is InChI=1S/C17H21N3O5S/c1-3-25-8-7-13-15(22)19-17(20-16(13)23)26-10-14(21)18-11-5-4-6-12(9-11)24-2/h4-6,9H,3,7-8,10H2,1-2H3,(H,18,21)(H2,19,20,22,23). The molecule has 1 heterocycles. The second-order valence-corrected chi connectivity index (χ2v) is 6.15. The van der Waals surface area contributed by atoms with Crippen molar-refractivity contribution in [3.63, 3.8) is 0 Å². The molecule has 0 fully saturated rings. The molecular formula is C17H21N3O5S. The zero-order valence-corrected chi connectivity index (χ0v) is 15.4. The van der Waals surface area contributed by atoms with Crippen molar-refractivity contribution in [3.05, 3.63) is 40.2 Å². The van der Waals surface area contributed by atoms with E-state index in [4.69, 9.17) is 9.47 Å². The molecule has 2 rings (SSSR count). The van der Waals surface area contributed by atoms with Crippen LogP contribution in [0.3, 0.4) is 0 Å². The van der Waals surface area contributed by atoms with Gasteiger partial charge in [0, 0.05) is 24.8 Å². The Morgan fingerprint density at radius 1 is 1.42 bits per heavy atom. The number of benzene rings is 1. The predicted molar refractivity (Wildman–Crippen MR) is 99.1 cm³/mol. The number of methoxy groups -OCH3 is 1. The predicted octanol–water partition coefficient (Wildman–Crippen LogP) is 1.79. The summed E-state index contributed by atoms with van der Waals surface area (Å²) in [6.45, 7) is 2.70. The molecule has 26 heavy (non-hydrogen) atoms. The largest absolute Gasteiger partial charge is 0.497 e. The smallest absolute Gasteiger partial charge is 0.258 e. The number of thioether (sulfide) groups is 1. The van der Waals surface area contributed by atoms with Gasteiger partial charge in [-0.3, -0.25) is 9.59 Å². The van der Waals surface area contributed by atoms with Crippen LogP contribution in [0.15, 0.2) is 34.2 Å². The van der Waals surface area contributed by atoms with Crippen molar-refractivity contribution >= 4 is 23.4 Å². The Morgan fingerprint density at radius 2 is 2.23 bits per heavy atom. The third-order valence-electron chi connectivity index (χ3n) is 3.37. The van der Waals surface area contributed by atoms with Crippen LogP contribution in [0.25, 0.3) is 0 Å². The minimum atomic E-state index is -0.437. The summed E-state index contributed by atoms with van der Waals surface area (Å²) < 4.78 is 10.3. The van der Waals surface area contributed by atoms with Crippen LogP contribution >= 0.6 is 11.8 Å². The average molecular weight is 379 g/mol. The van der Waals surface area contributed by atoms with Crippen molar-refractivity contribution in [1.82, 2.24) is 9.97 Å². The molecular weight excluding hydrogens is 358 g/mol. The number of ether oxygens (including phenoxy) is 2. The summed E-state index contributed by atoms with van der Waals surface area (Å²) >= 11 is 1.02. The SMILES string of the molecule is CCOCCc1c(O)nc(SCC(=O)Nc2cccc(OC)c2)[nH]c1=O. The normalized spacial score (nSPS) is 10.5. The summed E-state index contributed by atoms with van der Waals surface area (Å²) in [5.41, 5.74) is 0.335. The van der Waals surface area contributed by atoms with E-state index in [0.717, 1.165) is 11.8 Å². The van der Waals surface area contributed by atoms with Gasteiger partial charge < -0.3 is 24.9 Å². The lowest BCUT2D eigenvalue weighted by molar-refractivity contribution is -0.113. The van der Waals surface area contributed by atoms with Crippen molar-refractivity contribution in [2.75, 3.05) is 31.4 Å². The Labute approximate surface area is 154 Å². The number of hydrogen-bond acceptors (Lipinski definition) is 7. The van der Waals surface area contributed by atoms with Crippen LogP contribution in [0.1, 0.15) is 12.5 Å². The number of aromatic hydroxyl groups is 1. The van der Waals surface area contributed by atoms with E-state index in [1.54, 1.807) is 31.4 Å². The average Bonchev–Trinajstić information content (AvgIpc) is 2.62. The second-order valence-electron chi connectivity index (χ2n) is 5.19. The van der Waals surface area contributed by atoms with E-state index < -0.39 is 5.56 Å². The van der Waals surface area contributed by atoms with Crippen LogP contribution in [0.4, 0.5) is 5.69 Å². The molecule has 1 aromatic heterocycles. The third kappa shape index (κ3) is 5.78. The van der Waals surface area contributed by atoms with Crippen LogP contribution in [-0.4, -0.2) is 47.1 Å². The van der Waals surface area contributed by atoms with Crippen molar-refractivity contribution in [3.8, 4) is 11.6 Å². The number of H-pyrrole nitrogens is 1. The number of amides is 1. The second kappa shape index (κ2) is 9.83. The van der Waals surface area contributed by atoms with Gasteiger partial charge in [0.1, 0.15) is 5.75 Å². The van der Waals surface area contributed by atoms with Gasteiger partial charge in [-0.2, -0.15) is 4.98 Å². The number of carbonyl (C=O) groups is 1. The number of aromatic nitrogens is 2. The first-order valence-corrected chi connectivity index (χ1v) is 8.98. The molecule has 9 heteroatoms. The number of nitrogens with zero attached hydrogens (tertiary/aromatic N) is 1. The van der Waals surface area contributed by atoms with E-state index in [9.17, 15) is 14.7 Å². The molecule has 1 aromatic carbocycles. The van der Waals surface area contributed by atoms with Gasteiger partial charge >= 0.3 is 0 Å². The molecule has 0 spiro atoms. The molecule has 140 valence electrons. The minimum Gasteiger partial charge on any atom is -0.497 e. The Morgan fingerprint density at radius 3 is 2.92 bits per heavy atom. The molecule has 0 aliphatic heterocycles. The lowest BCUT2D eigenvalue weighted by Crippen LogP contribution is -2.18. The Hall–Kier alpha value is -2.52. The van der Waals surface area contributed by atoms with Crippen LogP contribution in [0.2, 0.25) is 0 Å². The highest BCUT2D eigenvalue weighted by molar-refractivity contribution is 7.99. The van der Waals surface area contributed by atoms with Gasteiger partial charge in [-0.05, 0) is 19.1 Å². The van der Waals surface area contributed by atoms with Gasteiger partial charge in [0.15, 0.2) is 5.16 Å². The van der Waals surface area contributed by atoms with Gasteiger partial charge in [-0.1, -0.05) is 17.8 Å². The monoisotopic (exact) mass is 379 g/mol. The fourth-order valence-corrected chi connectivity index (χ4v) is 2.77. The summed E-state index contributed by atoms with van der Waals surface area (Å²) in [5, 5.41) is 12.8. The van der Waals surface area contributed by atoms with Gasteiger partial charge in [-0.15, -0.1) is 0 Å². The van der Waals surface area contributed by atoms with Crippen molar-refractivity contribution in [2.24, 2.45) is 0 Å². The topological polar surface area (TPSA) is 114 Å². The lowest BCUT2D eigenvalue weighted by Gasteiger charge is -2.08. The van der Waals surface area contributed by atoms with E-state index in [0.29, 0.717) is 24.7 Å². The number of nitrogens with one attached hydrogen (secondary N) is 2. The molecule has 0 atom stereocenters. The number of rotatable bonds is 9. The molecule has 0 aliphatic carbocycles. The zero-order valence-electron chi connectivity index (χ0n) is 14.6. The van der Waals surface area contributed by atoms with Gasteiger partial charge in [-0.25, -0.2) is 0 Å². The van der Waals surface area contributed by atoms with E-state index in [1.807, 2.05) is 6.92 Å². The number of hydrogen-bond donors (Lipinski definition) is 3. The van der Waals surface area contributed by atoms with Crippen molar-refractivity contribution in [1.29, 1.82) is 0 Å². The van der Waals surface area contributed by atoms with Crippen molar-refractivity contribution in [2.45, 2.75) is 18.5 Å². The van der Waals surface area contributed by atoms with Crippen LogP contribution < -0.4 is 15.6 Å². The fourth-order valence-electron chi connectivity index (χ4n) is 2.11. The van der Waals surface area contributed by atoms with Crippen LogP contribution in [0, 0.1) is 0 Å². The maximum atomic E-state index is 12.0. The van der Waals surface area contributed by atoms with E-state index in [1.165, 1.54) is 0 Å². The summed E-state index contributed by atoms with van der Waals surface area (Å²) in [4.78, 5) is 30.5. The van der Waals surface area contributed by atoms with E-state index in [-0.39, 0.29) is 34.7 Å². The Bertz CT molecular complexity index is 809. The molecule has 8 nitrogen and oxygen atoms in total. The maximum Gasteiger partial charge on any atom is 0.258 e. The molecule has 0 aliphatic rings. The van der Waals surface area contributed by atoms with Gasteiger partial charge in [0.05, 0.1) is 25.0 Å². The number of carbonyl (C=O) groups excluding carboxylic acids is 1. The van der Waals surface area contributed by atoms with Crippen molar-refractivity contribution < 1.29 is 19.4 Å². The summed E-state index contributed by atoms with van der Waals surface area (Å²) in [6.07, 6.45) is 0.267. The molecule has 0 saturated carbocycles. The number of aromatic amines is 1. The maximum absolute atomic E-state index is 12.0. The third-order valence-corrected chi connectivity index (χ3v) is 4.24. The quantitative estimate of drug-likeness (QED) is 0.346. The summed E-state index contributed by atoms with van der Waals surface area (Å²) in [6, 6.07) is 6.97. The highest BCUT2D eigenvalue weighted by Crippen LogP contribution is 2.19. The van der Waals surface area contributed by atoms with Crippen LogP contribution in [-0.2, 0) is 16.0 Å². The van der Waals surface area contributed by atoms with Gasteiger partial charge in [0.2, 0.25) is 11.8 Å². The first-order chi connectivity index (χ1) is 12.5. The molecule has 0 unspecified atom stereocenters. The molecule has 3 N–H and O–H groups in total. The molecule has 1 amide bonds. The van der Waals surface area contributed by atoms with Gasteiger partial charge in [0.25, 0.3) is 5.56 Å². The Balaban J connectivity index is 1.94. The highest BCUT2D eigenvalue weighted by Gasteiger charge is 2.12. The zero-order chi connectivity index (χ0) is 18.9. The first kappa shape index (κ1) is 19.8. The molecule has 2 aromatic rings. The highest BCUT2D eigenvalue weighted by atomic mass is 32.2. The number of anilines is 1. The fraction of sp³-hybridized carbons (Fsp3) is 0.353.